The van der Waals surface area contributed by atoms with E-state index in [0.29, 0.717) is 6.54 Å². The molecule has 2 rings (SSSR count). The molecule has 80 valence electrons. The van der Waals surface area contributed by atoms with Gasteiger partial charge in [-0.05, 0) is 31.5 Å². The van der Waals surface area contributed by atoms with Crippen LogP contribution >= 0.6 is 0 Å². The minimum atomic E-state index is 0.688. The number of rotatable bonds is 3. The summed E-state index contributed by atoms with van der Waals surface area (Å²) in [5, 5.41) is 6.59. The number of hydrogen-bond acceptors (Lipinski definition) is 3. The summed E-state index contributed by atoms with van der Waals surface area (Å²) in [5.74, 6) is 0. The summed E-state index contributed by atoms with van der Waals surface area (Å²) in [6.45, 7) is 3.76. The summed E-state index contributed by atoms with van der Waals surface area (Å²) in [6, 6.07) is 8.36. The molecule has 0 unspecified atom stereocenters. The number of hydrazone groups is 1. The Morgan fingerprint density at radius 1 is 1.40 bits per heavy atom. The lowest BCUT2D eigenvalue weighted by Gasteiger charge is -2.17. The first kappa shape index (κ1) is 10.2. The van der Waals surface area contributed by atoms with Crippen LogP contribution in [0.4, 0.5) is 5.69 Å². The molecule has 3 heteroatoms. The van der Waals surface area contributed by atoms with Crippen LogP contribution in [-0.2, 0) is 6.42 Å². The van der Waals surface area contributed by atoms with E-state index in [0.717, 1.165) is 19.4 Å². The highest BCUT2D eigenvalue weighted by Gasteiger charge is 2.14. The van der Waals surface area contributed by atoms with Gasteiger partial charge in [-0.3, -0.25) is 5.01 Å². The van der Waals surface area contributed by atoms with E-state index in [2.05, 4.69) is 41.3 Å². The van der Waals surface area contributed by atoms with Crippen molar-refractivity contribution in [2.45, 2.75) is 19.8 Å². The molecule has 2 N–H and O–H groups in total. The van der Waals surface area contributed by atoms with Gasteiger partial charge in [-0.15, -0.1) is 0 Å². The highest BCUT2D eigenvalue weighted by atomic mass is 15.5. The van der Waals surface area contributed by atoms with Gasteiger partial charge in [0.25, 0.3) is 0 Å². The van der Waals surface area contributed by atoms with Crippen LogP contribution in [0.1, 0.15) is 18.9 Å². The second kappa shape index (κ2) is 4.45. The first-order chi connectivity index (χ1) is 7.31. The fraction of sp³-hybridized carbons (Fsp3) is 0.417. The van der Waals surface area contributed by atoms with Crippen LogP contribution in [0.3, 0.4) is 0 Å². The lowest BCUT2D eigenvalue weighted by Crippen LogP contribution is -2.15. The molecule has 0 radical (unpaired) electrons. The molecule has 1 aromatic rings. The van der Waals surface area contributed by atoms with Gasteiger partial charge >= 0.3 is 0 Å². The van der Waals surface area contributed by atoms with E-state index in [1.165, 1.54) is 17.0 Å². The Hall–Kier alpha value is -1.35. The van der Waals surface area contributed by atoms with Crippen LogP contribution in [0.5, 0.6) is 0 Å². The van der Waals surface area contributed by atoms with Gasteiger partial charge in [0.1, 0.15) is 0 Å². The maximum Gasteiger partial charge on any atom is 0.0626 e. The third kappa shape index (κ3) is 2.18. The van der Waals surface area contributed by atoms with E-state index in [4.69, 9.17) is 5.73 Å². The molecule has 0 bridgehead atoms. The fourth-order valence-electron chi connectivity index (χ4n) is 1.88. The second-order valence-electron chi connectivity index (χ2n) is 3.88. The summed E-state index contributed by atoms with van der Waals surface area (Å²) < 4.78 is 0. The largest absolute Gasteiger partial charge is 0.330 e. The van der Waals surface area contributed by atoms with Gasteiger partial charge < -0.3 is 5.73 Å². The maximum absolute atomic E-state index is 5.60. The highest BCUT2D eigenvalue weighted by Crippen LogP contribution is 2.23. The van der Waals surface area contributed by atoms with Crippen LogP contribution in [0.2, 0.25) is 0 Å². The van der Waals surface area contributed by atoms with Crippen LogP contribution in [0.15, 0.2) is 29.4 Å². The van der Waals surface area contributed by atoms with Gasteiger partial charge in [0.15, 0.2) is 0 Å². The van der Waals surface area contributed by atoms with Crippen molar-refractivity contribution in [3.05, 3.63) is 29.8 Å². The maximum atomic E-state index is 5.60. The molecule has 0 aliphatic carbocycles. The zero-order chi connectivity index (χ0) is 10.7. The second-order valence-corrected chi connectivity index (χ2v) is 3.88. The van der Waals surface area contributed by atoms with Crippen molar-refractivity contribution in [1.82, 2.24) is 0 Å². The average molecular weight is 203 g/mol. The van der Waals surface area contributed by atoms with Gasteiger partial charge in [0.2, 0.25) is 0 Å². The molecule has 3 nitrogen and oxygen atoms in total. The quantitative estimate of drug-likeness (QED) is 0.813. The van der Waals surface area contributed by atoms with Gasteiger partial charge in [0, 0.05) is 18.7 Å². The molecule has 15 heavy (non-hydrogen) atoms. The van der Waals surface area contributed by atoms with Gasteiger partial charge in [-0.25, -0.2) is 0 Å². The van der Waals surface area contributed by atoms with E-state index in [1.54, 1.807) is 0 Å². The van der Waals surface area contributed by atoms with E-state index in [-0.39, 0.29) is 0 Å². The molecular formula is C12H17N3. The number of para-hydroxylation sites is 1. The van der Waals surface area contributed by atoms with Crippen LogP contribution in [0, 0.1) is 0 Å². The van der Waals surface area contributed by atoms with Crippen molar-refractivity contribution >= 4 is 11.4 Å². The molecule has 0 aromatic heterocycles. The molecular weight excluding hydrogens is 186 g/mol. The minimum Gasteiger partial charge on any atom is -0.330 e. The zero-order valence-corrected chi connectivity index (χ0v) is 9.11. The van der Waals surface area contributed by atoms with Crippen LogP contribution in [-0.4, -0.2) is 18.8 Å². The van der Waals surface area contributed by atoms with E-state index in [9.17, 15) is 0 Å². The number of hydrogen-bond donors (Lipinski definition) is 1. The van der Waals surface area contributed by atoms with Crippen molar-refractivity contribution < 1.29 is 0 Å². The highest BCUT2D eigenvalue weighted by molar-refractivity contribution is 5.85. The van der Waals surface area contributed by atoms with Crippen LogP contribution in [0.25, 0.3) is 0 Å². The molecule has 1 aliphatic heterocycles. The van der Waals surface area contributed by atoms with Crippen molar-refractivity contribution in [3.63, 3.8) is 0 Å². The summed E-state index contributed by atoms with van der Waals surface area (Å²) in [6.07, 6.45) is 1.98. The Morgan fingerprint density at radius 2 is 2.20 bits per heavy atom. The first-order valence-electron chi connectivity index (χ1n) is 5.41. The Labute approximate surface area is 90.6 Å². The first-order valence-corrected chi connectivity index (χ1v) is 5.41. The van der Waals surface area contributed by atoms with E-state index in [1.807, 2.05) is 0 Å². The molecule has 1 heterocycles. The van der Waals surface area contributed by atoms with E-state index >= 15 is 0 Å². The number of anilines is 1. The topological polar surface area (TPSA) is 41.6 Å². The van der Waals surface area contributed by atoms with Crippen molar-refractivity contribution in [1.29, 1.82) is 0 Å². The lowest BCUT2D eigenvalue weighted by molar-refractivity contribution is 0.891. The summed E-state index contributed by atoms with van der Waals surface area (Å²) in [5.41, 5.74) is 9.31. The molecule has 0 atom stereocenters. The average Bonchev–Trinajstić information content (AvgIpc) is 2.66. The molecule has 0 spiro atoms. The third-order valence-electron chi connectivity index (χ3n) is 2.66. The van der Waals surface area contributed by atoms with E-state index < -0.39 is 0 Å². The standard InChI is InChI=1S/C12H17N3/c1-10-7-9-15(14-10)12-5-3-2-4-11(12)6-8-13/h2-5H,6-9,13H2,1H3. The van der Waals surface area contributed by atoms with Gasteiger partial charge in [0.05, 0.1) is 5.69 Å². The monoisotopic (exact) mass is 203 g/mol. The minimum absolute atomic E-state index is 0.688. The fourth-order valence-corrected chi connectivity index (χ4v) is 1.88. The predicted molar refractivity (Wildman–Crippen MR) is 64.3 cm³/mol. The molecule has 0 saturated carbocycles. The zero-order valence-electron chi connectivity index (χ0n) is 9.11. The molecule has 0 fully saturated rings. The number of nitrogens with two attached hydrogens (primary N) is 1. The number of nitrogens with zero attached hydrogens (tertiary/aromatic N) is 2. The summed E-state index contributed by atoms with van der Waals surface area (Å²) in [7, 11) is 0. The summed E-state index contributed by atoms with van der Waals surface area (Å²) >= 11 is 0. The Bertz CT molecular complexity index is 371. The van der Waals surface area contributed by atoms with Gasteiger partial charge in [-0.1, -0.05) is 18.2 Å². The van der Waals surface area contributed by atoms with Crippen LogP contribution < -0.4 is 10.7 Å². The van der Waals surface area contributed by atoms with Crippen molar-refractivity contribution in [2.75, 3.05) is 18.1 Å². The lowest BCUT2D eigenvalue weighted by atomic mass is 10.1. The SMILES string of the molecule is CC1=NN(c2ccccc2CCN)CC1. The van der Waals surface area contributed by atoms with Gasteiger partial charge in [-0.2, -0.15) is 5.10 Å². The smallest absolute Gasteiger partial charge is 0.0626 e. The Morgan fingerprint density at radius 3 is 2.87 bits per heavy atom. The Kier molecular flexibility index (Phi) is 3.02. The molecule has 1 aliphatic rings. The number of benzene rings is 1. The molecule has 0 saturated heterocycles. The van der Waals surface area contributed by atoms with Crippen molar-refractivity contribution in [2.24, 2.45) is 10.8 Å². The molecule has 1 aromatic carbocycles. The summed E-state index contributed by atoms with van der Waals surface area (Å²) in [4.78, 5) is 0. The normalized spacial score (nSPS) is 15.6. The third-order valence-corrected chi connectivity index (χ3v) is 2.66. The van der Waals surface area contributed by atoms with Crippen molar-refractivity contribution in [3.8, 4) is 0 Å². The Balaban J connectivity index is 2.27. The predicted octanol–water partition coefficient (Wildman–Crippen LogP) is 1.77. The molecule has 0 amide bonds.